The van der Waals surface area contributed by atoms with Gasteiger partial charge in [-0.05, 0) is 31.3 Å². The van der Waals surface area contributed by atoms with Gasteiger partial charge >= 0.3 is 6.18 Å². The van der Waals surface area contributed by atoms with Crippen molar-refractivity contribution in [2.75, 3.05) is 0 Å². The molecule has 0 spiro atoms. The van der Waals surface area contributed by atoms with Crippen molar-refractivity contribution >= 4 is 17.3 Å². The van der Waals surface area contributed by atoms with Crippen molar-refractivity contribution in [1.29, 1.82) is 0 Å². The Hall–Kier alpha value is -1.10. The minimum Gasteiger partial charge on any atom is -0.442 e. The highest BCUT2D eigenvalue weighted by atomic mass is 32.1. The number of hydrogen-bond donors (Lipinski definition) is 0. The Morgan fingerprint density at radius 1 is 1.21 bits per heavy atom. The maximum atomic E-state index is 11.9. The topological polar surface area (TPSA) is 9.23 Å². The van der Waals surface area contributed by atoms with E-state index < -0.39 is 11.2 Å². The van der Waals surface area contributed by atoms with Gasteiger partial charge in [0.15, 0.2) is 0 Å². The SMILES string of the molecule is Cc1ccc(OC(=S)C(F)(F)F)cc1. The van der Waals surface area contributed by atoms with Gasteiger partial charge in [0.25, 0.3) is 5.05 Å². The molecule has 0 saturated carbocycles. The van der Waals surface area contributed by atoms with Crippen molar-refractivity contribution in [2.45, 2.75) is 13.1 Å². The van der Waals surface area contributed by atoms with Crippen LogP contribution in [0.25, 0.3) is 0 Å². The molecule has 1 nitrogen and oxygen atoms in total. The number of aryl methyl sites for hydroxylation is 1. The Morgan fingerprint density at radius 2 is 1.71 bits per heavy atom. The third-order valence-corrected chi connectivity index (χ3v) is 1.78. The van der Waals surface area contributed by atoms with Crippen molar-refractivity contribution in [3.63, 3.8) is 0 Å². The normalized spacial score (nSPS) is 11.1. The summed E-state index contributed by atoms with van der Waals surface area (Å²) in [5, 5.41) is -1.37. The Morgan fingerprint density at radius 3 is 2.14 bits per heavy atom. The molecule has 0 bridgehead atoms. The molecule has 0 aliphatic heterocycles. The standard InChI is InChI=1S/C9H7F3OS/c1-6-2-4-7(5-3-6)13-8(14)9(10,11)12/h2-5H,1H3. The fourth-order valence-corrected chi connectivity index (χ4v) is 0.867. The lowest BCUT2D eigenvalue weighted by Crippen LogP contribution is -2.25. The predicted octanol–water partition coefficient (Wildman–Crippen LogP) is 3.26. The first kappa shape index (κ1) is 11.0. The molecule has 1 aromatic carbocycles. The van der Waals surface area contributed by atoms with E-state index in [1.807, 2.05) is 6.92 Å². The van der Waals surface area contributed by atoms with Crippen LogP contribution in [0, 0.1) is 6.92 Å². The van der Waals surface area contributed by atoms with Crippen LogP contribution in [0.3, 0.4) is 0 Å². The molecular formula is C9H7F3OS. The molecule has 0 aliphatic carbocycles. The van der Waals surface area contributed by atoms with Crippen molar-refractivity contribution < 1.29 is 17.9 Å². The summed E-state index contributed by atoms with van der Waals surface area (Å²) >= 11 is 4.06. The molecule has 0 heterocycles. The summed E-state index contributed by atoms with van der Waals surface area (Å²) in [6.45, 7) is 1.83. The Bertz CT molecular complexity index is 329. The molecule has 0 aromatic heterocycles. The average Bonchev–Trinajstić information content (AvgIpc) is 2.07. The van der Waals surface area contributed by atoms with Crippen LogP contribution >= 0.6 is 12.2 Å². The number of rotatable bonds is 1. The van der Waals surface area contributed by atoms with Gasteiger partial charge in [-0.25, -0.2) is 0 Å². The summed E-state index contributed by atoms with van der Waals surface area (Å²) in [5.41, 5.74) is 0.940. The van der Waals surface area contributed by atoms with Crippen molar-refractivity contribution in [3.8, 4) is 5.75 Å². The number of halogens is 3. The van der Waals surface area contributed by atoms with Gasteiger partial charge in [-0.3, -0.25) is 0 Å². The Kier molecular flexibility index (Phi) is 3.10. The molecule has 0 unspecified atom stereocenters. The van der Waals surface area contributed by atoms with E-state index in [-0.39, 0.29) is 5.75 Å². The zero-order valence-electron chi connectivity index (χ0n) is 7.26. The van der Waals surface area contributed by atoms with E-state index in [9.17, 15) is 13.2 Å². The van der Waals surface area contributed by atoms with Gasteiger partial charge in [-0.1, -0.05) is 17.7 Å². The molecule has 76 valence electrons. The smallest absolute Gasteiger partial charge is 0.442 e. The fraction of sp³-hybridized carbons (Fsp3) is 0.222. The maximum absolute atomic E-state index is 11.9. The summed E-state index contributed by atoms with van der Waals surface area (Å²) in [6.07, 6.45) is -4.58. The van der Waals surface area contributed by atoms with Crippen LogP contribution in [-0.4, -0.2) is 11.2 Å². The summed E-state index contributed by atoms with van der Waals surface area (Å²) < 4.78 is 40.3. The molecule has 0 radical (unpaired) electrons. The van der Waals surface area contributed by atoms with Crippen LogP contribution in [0.1, 0.15) is 5.56 Å². The van der Waals surface area contributed by atoms with Crippen LogP contribution in [0.2, 0.25) is 0 Å². The predicted molar refractivity (Wildman–Crippen MR) is 50.5 cm³/mol. The summed E-state index contributed by atoms with van der Waals surface area (Å²) in [6, 6.07) is 6.17. The number of benzene rings is 1. The van der Waals surface area contributed by atoms with Crippen LogP contribution in [0.5, 0.6) is 5.75 Å². The first-order valence-electron chi connectivity index (χ1n) is 3.75. The van der Waals surface area contributed by atoms with Crippen LogP contribution in [-0.2, 0) is 0 Å². The molecule has 0 aliphatic rings. The molecule has 1 rings (SSSR count). The minimum absolute atomic E-state index is 0.0953. The molecule has 0 fully saturated rings. The lowest BCUT2D eigenvalue weighted by molar-refractivity contribution is -0.0676. The molecule has 0 atom stereocenters. The lowest BCUT2D eigenvalue weighted by Gasteiger charge is -2.09. The minimum atomic E-state index is -4.58. The third kappa shape index (κ3) is 2.99. The summed E-state index contributed by atoms with van der Waals surface area (Å²) in [5.74, 6) is 0.0953. The quantitative estimate of drug-likeness (QED) is 0.672. The van der Waals surface area contributed by atoms with Crippen LogP contribution in [0.4, 0.5) is 13.2 Å². The number of thiocarbonyl (C=S) groups is 1. The second-order valence-corrected chi connectivity index (χ2v) is 3.07. The zero-order chi connectivity index (χ0) is 10.8. The maximum Gasteiger partial charge on any atom is 0.460 e. The van der Waals surface area contributed by atoms with Gasteiger partial charge in [0.05, 0.1) is 0 Å². The number of ether oxygens (including phenoxy) is 1. The van der Waals surface area contributed by atoms with Gasteiger partial charge in [0.2, 0.25) is 0 Å². The highest BCUT2D eigenvalue weighted by Gasteiger charge is 2.36. The van der Waals surface area contributed by atoms with E-state index >= 15 is 0 Å². The zero-order valence-corrected chi connectivity index (χ0v) is 8.08. The average molecular weight is 220 g/mol. The van der Waals surface area contributed by atoms with Gasteiger partial charge < -0.3 is 4.74 Å². The van der Waals surface area contributed by atoms with Crippen molar-refractivity contribution in [2.24, 2.45) is 0 Å². The Labute approximate surface area is 84.5 Å². The second-order valence-electron chi connectivity index (χ2n) is 2.70. The van der Waals surface area contributed by atoms with Crippen molar-refractivity contribution in [1.82, 2.24) is 0 Å². The van der Waals surface area contributed by atoms with Crippen molar-refractivity contribution in [3.05, 3.63) is 29.8 Å². The van der Waals surface area contributed by atoms with Gasteiger partial charge in [-0.15, -0.1) is 0 Å². The highest BCUT2D eigenvalue weighted by Crippen LogP contribution is 2.21. The van der Waals surface area contributed by atoms with E-state index in [2.05, 4.69) is 17.0 Å². The number of hydrogen-bond acceptors (Lipinski definition) is 2. The third-order valence-electron chi connectivity index (χ3n) is 1.46. The molecule has 5 heteroatoms. The largest absolute Gasteiger partial charge is 0.460 e. The second kappa shape index (κ2) is 3.96. The monoisotopic (exact) mass is 220 g/mol. The molecule has 0 amide bonds. The molecular weight excluding hydrogens is 213 g/mol. The van der Waals surface area contributed by atoms with Crippen LogP contribution in [0.15, 0.2) is 24.3 Å². The first-order valence-corrected chi connectivity index (χ1v) is 4.16. The number of alkyl halides is 3. The van der Waals surface area contributed by atoms with Gasteiger partial charge in [0, 0.05) is 0 Å². The molecule has 14 heavy (non-hydrogen) atoms. The van der Waals surface area contributed by atoms with Gasteiger partial charge in [-0.2, -0.15) is 13.2 Å². The first-order chi connectivity index (χ1) is 6.39. The molecule has 0 N–H and O–H groups in total. The van der Waals surface area contributed by atoms with E-state index in [1.54, 1.807) is 12.1 Å². The van der Waals surface area contributed by atoms with Gasteiger partial charge in [0.1, 0.15) is 5.75 Å². The molecule has 0 saturated heterocycles. The van der Waals surface area contributed by atoms with E-state index in [1.165, 1.54) is 12.1 Å². The Balaban J connectivity index is 2.71. The summed E-state index contributed by atoms with van der Waals surface area (Å²) in [4.78, 5) is 0. The van der Waals surface area contributed by atoms with E-state index in [0.29, 0.717) is 0 Å². The lowest BCUT2D eigenvalue weighted by atomic mass is 10.2. The fourth-order valence-electron chi connectivity index (χ4n) is 0.771. The van der Waals surface area contributed by atoms with E-state index in [0.717, 1.165) is 5.56 Å². The highest BCUT2D eigenvalue weighted by molar-refractivity contribution is 7.80. The summed E-state index contributed by atoms with van der Waals surface area (Å²) in [7, 11) is 0. The van der Waals surface area contributed by atoms with E-state index in [4.69, 9.17) is 0 Å². The van der Waals surface area contributed by atoms with Crippen LogP contribution < -0.4 is 4.74 Å². The molecule has 1 aromatic rings.